The lowest BCUT2D eigenvalue weighted by Gasteiger charge is -2.27. The van der Waals surface area contributed by atoms with E-state index in [1.807, 2.05) is 6.92 Å². The lowest BCUT2D eigenvalue weighted by Crippen LogP contribution is -2.36. The topological polar surface area (TPSA) is 54.0 Å². The van der Waals surface area contributed by atoms with Gasteiger partial charge in [-0.2, -0.15) is 0 Å². The zero-order valence-electron chi connectivity index (χ0n) is 13.1. The first-order chi connectivity index (χ1) is 11.2. The standard InChI is InChI=1S/C17H19FN4O/c1-3-13(8-14-12(2)20-9-15(14)18)16-10-19-11-17(21-16)22-4-6-23-7-5-22/h3,8-11,20H,1,4-7H2,2H3/b13-8+. The van der Waals surface area contributed by atoms with E-state index >= 15 is 0 Å². The van der Waals surface area contributed by atoms with Crippen molar-refractivity contribution < 1.29 is 9.13 Å². The predicted octanol–water partition coefficient (Wildman–Crippen LogP) is 2.82. The Morgan fingerprint density at radius 3 is 2.83 bits per heavy atom. The van der Waals surface area contributed by atoms with Crippen LogP contribution in [0, 0.1) is 12.7 Å². The summed E-state index contributed by atoms with van der Waals surface area (Å²) in [6.45, 7) is 8.59. The molecule has 1 aliphatic rings. The number of aromatic nitrogens is 3. The lowest BCUT2D eigenvalue weighted by molar-refractivity contribution is 0.122. The molecule has 23 heavy (non-hydrogen) atoms. The fourth-order valence-electron chi connectivity index (χ4n) is 2.52. The smallest absolute Gasteiger partial charge is 0.148 e. The van der Waals surface area contributed by atoms with E-state index in [-0.39, 0.29) is 5.82 Å². The number of nitrogens with one attached hydrogen (secondary N) is 1. The SMILES string of the molecule is C=C/C(=C\c1c(F)c[nH]c1C)c1cncc(N2CCOCC2)n1. The largest absolute Gasteiger partial charge is 0.378 e. The van der Waals surface area contributed by atoms with Gasteiger partial charge in [0.15, 0.2) is 0 Å². The fraction of sp³-hybridized carbons (Fsp3) is 0.294. The van der Waals surface area contributed by atoms with Crippen LogP contribution < -0.4 is 4.90 Å². The summed E-state index contributed by atoms with van der Waals surface area (Å²) in [5, 5.41) is 0. The molecule has 0 bridgehead atoms. The van der Waals surface area contributed by atoms with E-state index in [0.717, 1.165) is 30.2 Å². The zero-order valence-corrected chi connectivity index (χ0v) is 13.1. The van der Waals surface area contributed by atoms with Gasteiger partial charge in [0.2, 0.25) is 0 Å². The van der Waals surface area contributed by atoms with Crippen molar-refractivity contribution in [1.82, 2.24) is 15.0 Å². The van der Waals surface area contributed by atoms with E-state index in [2.05, 4.69) is 26.4 Å². The van der Waals surface area contributed by atoms with E-state index in [0.29, 0.717) is 24.5 Å². The number of aromatic amines is 1. The first-order valence-electron chi connectivity index (χ1n) is 7.51. The maximum Gasteiger partial charge on any atom is 0.148 e. The van der Waals surface area contributed by atoms with Gasteiger partial charge >= 0.3 is 0 Å². The summed E-state index contributed by atoms with van der Waals surface area (Å²) in [6, 6.07) is 0. The van der Waals surface area contributed by atoms with Gasteiger partial charge in [-0.15, -0.1) is 0 Å². The lowest BCUT2D eigenvalue weighted by atomic mass is 10.1. The van der Waals surface area contributed by atoms with E-state index in [1.165, 1.54) is 6.20 Å². The minimum absolute atomic E-state index is 0.292. The summed E-state index contributed by atoms with van der Waals surface area (Å²) in [4.78, 5) is 13.9. The third kappa shape index (κ3) is 3.32. The van der Waals surface area contributed by atoms with Crippen LogP contribution in [0.15, 0.2) is 31.2 Å². The zero-order chi connectivity index (χ0) is 16.2. The molecule has 0 aliphatic carbocycles. The Morgan fingerprint density at radius 2 is 2.17 bits per heavy atom. The summed E-state index contributed by atoms with van der Waals surface area (Å²) in [6.07, 6.45) is 8.15. The highest BCUT2D eigenvalue weighted by atomic mass is 19.1. The Labute approximate surface area is 134 Å². The molecule has 1 N–H and O–H groups in total. The van der Waals surface area contributed by atoms with Crippen LogP contribution in [-0.2, 0) is 4.74 Å². The molecule has 0 atom stereocenters. The van der Waals surface area contributed by atoms with Crippen LogP contribution in [0.2, 0.25) is 0 Å². The molecule has 0 aromatic carbocycles. The minimum atomic E-state index is -0.292. The van der Waals surface area contributed by atoms with Crippen LogP contribution in [0.4, 0.5) is 10.2 Å². The molecule has 2 aromatic rings. The van der Waals surface area contributed by atoms with Crippen molar-refractivity contribution in [3.63, 3.8) is 0 Å². The van der Waals surface area contributed by atoms with Gasteiger partial charge in [0.25, 0.3) is 0 Å². The number of hydrogen-bond donors (Lipinski definition) is 1. The average Bonchev–Trinajstić information content (AvgIpc) is 2.92. The van der Waals surface area contributed by atoms with E-state index < -0.39 is 0 Å². The maximum absolute atomic E-state index is 13.8. The summed E-state index contributed by atoms with van der Waals surface area (Å²) >= 11 is 0. The monoisotopic (exact) mass is 314 g/mol. The van der Waals surface area contributed by atoms with Gasteiger partial charge in [-0.3, -0.25) is 4.98 Å². The normalized spacial score (nSPS) is 15.7. The molecule has 6 heteroatoms. The fourth-order valence-corrected chi connectivity index (χ4v) is 2.52. The quantitative estimate of drug-likeness (QED) is 0.882. The Balaban J connectivity index is 1.94. The molecular formula is C17H19FN4O. The first-order valence-corrected chi connectivity index (χ1v) is 7.51. The molecule has 1 saturated heterocycles. The Kier molecular flexibility index (Phi) is 4.52. The number of H-pyrrole nitrogens is 1. The number of ether oxygens (including phenoxy) is 1. The third-order valence-electron chi connectivity index (χ3n) is 3.85. The van der Waals surface area contributed by atoms with Gasteiger partial charge in [-0.1, -0.05) is 12.7 Å². The molecule has 0 radical (unpaired) electrons. The minimum Gasteiger partial charge on any atom is -0.378 e. The highest BCUT2D eigenvalue weighted by Gasteiger charge is 2.14. The second kappa shape index (κ2) is 6.75. The Hall–Kier alpha value is -2.47. The highest BCUT2D eigenvalue weighted by molar-refractivity contribution is 5.86. The molecule has 0 unspecified atom stereocenters. The number of aryl methyl sites for hydroxylation is 1. The third-order valence-corrected chi connectivity index (χ3v) is 3.85. The molecule has 3 rings (SSSR count). The number of morpholine rings is 1. The van der Waals surface area contributed by atoms with Crippen LogP contribution in [0.25, 0.3) is 11.6 Å². The summed E-state index contributed by atoms with van der Waals surface area (Å²) in [5.41, 5.74) is 2.68. The number of anilines is 1. The molecule has 120 valence electrons. The highest BCUT2D eigenvalue weighted by Crippen LogP contribution is 2.23. The maximum atomic E-state index is 13.8. The van der Waals surface area contributed by atoms with Gasteiger partial charge in [0, 0.05) is 36.1 Å². The predicted molar refractivity (Wildman–Crippen MR) is 88.6 cm³/mol. The van der Waals surface area contributed by atoms with Crippen molar-refractivity contribution in [3.05, 3.63) is 54.0 Å². The van der Waals surface area contributed by atoms with Gasteiger partial charge in [-0.05, 0) is 13.0 Å². The van der Waals surface area contributed by atoms with Gasteiger partial charge in [-0.25, -0.2) is 9.37 Å². The molecule has 5 nitrogen and oxygen atoms in total. The Bertz CT molecular complexity index is 712. The average molecular weight is 314 g/mol. The van der Waals surface area contributed by atoms with Crippen molar-refractivity contribution in [2.75, 3.05) is 31.2 Å². The summed E-state index contributed by atoms with van der Waals surface area (Å²) < 4.78 is 19.2. The van der Waals surface area contributed by atoms with Crippen molar-refractivity contribution in [3.8, 4) is 0 Å². The van der Waals surface area contributed by atoms with Gasteiger partial charge in [0.05, 0.1) is 31.3 Å². The molecule has 0 saturated carbocycles. The molecule has 2 aromatic heterocycles. The number of nitrogens with zero attached hydrogens (tertiary/aromatic N) is 3. The number of rotatable bonds is 4. The van der Waals surface area contributed by atoms with Crippen LogP contribution in [-0.4, -0.2) is 41.3 Å². The van der Waals surface area contributed by atoms with Crippen LogP contribution in [0.1, 0.15) is 17.0 Å². The van der Waals surface area contributed by atoms with Gasteiger partial charge in [0.1, 0.15) is 11.6 Å². The second-order valence-electron chi connectivity index (χ2n) is 5.34. The molecule has 0 amide bonds. The van der Waals surface area contributed by atoms with Crippen molar-refractivity contribution in [1.29, 1.82) is 0 Å². The van der Waals surface area contributed by atoms with E-state index in [1.54, 1.807) is 24.5 Å². The first kappa shape index (κ1) is 15.4. The number of hydrogen-bond acceptors (Lipinski definition) is 4. The molecule has 1 fully saturated rings. The van der Waals surface area contributed by atoms with E-state index in [4.69, 9.17) is 4.74 Å². The van der Waals surface area contributed by atoms with Crippen molar-refractivity contribution in [2.45, 2.75) is 6.92 Å². The van der Waals surface area contributed by atoms with E-state index in [9.17, 15) is 4.39 Å². The summed E-state index contributed by atoms with van der Waals surface area (Å²) in [5.74, 6) is 0.504. The molecule has 3 heterocycles. The molecule has 0 spiro atoms. The second-order valence-corrected chi connectivity index (χ2v) is 5.34. The number of allylic oxidation sites excluding steroid dienone is 2. The molecular weight excluding hydrogens is 295 g/mol. The Morgan fingerprint density at radius 1 is 1.39 bits per heavy atom. The van der Waals surface area contributed by atoms with Gasteiger partial charge < -0.3 is 14.6 Å². The van der Waals surface area contributed by atoms with Crippen molar-refractivity contribution in [2.24, 2.45) is 0 Å². The van der Waals surface area contributed by atoms with Crippen LogP contribution in [0.3, 0.4) is 0 Å². The summed E-state index contributed by atoms with van der Waals surface area (Å²) in [7, 11) is 0. The number of halogens is 1. The van der Waals surface area contributed by atoms with Crippen LogP contribution >= 0.6 is 0 Å². The molecule has 1 aliphatic heterocycles. The van der Waals surface area contributed by atoms with Crippen molar-refractivity contribution >= 4 is 17.5 Å². The van der Waals surface area contributed by atoms with Crippen LogP contribution in [0.5, 0.6) is 0 Å².